The minimum atomic E-state index is -0.477. The number of esters is 1. The Morgan fingerprint density at radius 3 is 3.00 bits per heavy atom. The van der Waals surface area contributed by atoms with Gasteiger partial charge in [-0.3, -0.25) is 4.79 Å². The largest absolute Gasteiger partial charge is 0.464 e. The second-order valence-corrected chi connectivity index (χ2v) is 4.15. The number of ether oxygens (including phenoxy) is 1. The predicted octanol–water partition coefficient (Wildman–Crippen LogP) is 1.17. The first kappa shape index (κ1) is 12.9. The minimum absolute atomic E-state index is 0.134. The van der Waals surface area contributed by atoms with Crippen LogP contribution in [0.4, 0.5) is 0 Å². The van der Waals surface area contributed by atoms with Crippen LogP contribution < -0.4 is 5.32 Å². The van der Waals surface area contributed by atoms with E-state index >= 15 is 0 Å². The van der Waals surface area contributed by atoms with Crippen molar-refractivity contribution >= 4 is 34.8 Å². The van der Waals surface area contributed by atoms with Gasteiger partial charge in [0.15, 0.2) is 5.69 Å². The summed E-state index contributed by atoms with van der Waals surface area (Å²) in [5.74, 6) is -0.323. The summed E-state index contributed by atoms with van der Waals surface area (Å²) in [6, 6.07) is 0. The molecular formula is C9H11ClN2O3S. The van der Waals surface area contributed by atoms with Crippen LogP contribution in [0, 0.1) is 0 Å². The Bertz CT molecular complexity index is 381. The van der Waals surface area contributed by atoms with E-state index in [-0.39, 0.29) is 23.9 Å². The number of carbonyl (C=O) groups is 2. The maximum Gasteiger partial charge on any atom is 0.357 e. The quantitative estimate of drug-likeness (QED) is 0.639. The third-order valence-electron chi connectivity index (χ3n) is 1.70. The second kappa shape index (κ2) is 6.44. The maximum atomic E-state index is 11.1. The molecule has 0 atom stereocenters. The van der Waals surface area contributed by atoms with E-state index in [1.54, 1.807) is 5.38 Å². The predicted molar refractivity (Wildman–Crippen MR) is 60.6 cm³/mol. The Hall–Kier alpha value is -1.14. The Morgan fingerprint density at radius 1 is 1.62 bits per heavy atom. The summed E-state index contributed by atoms with van der Waals surface area (Å²) in [7, 11) is 1.30. The minimum Gasteiger partial charge on any atom is -0.464 e. The summed E-state index contributed by atoms with van der Waals surface area (Å²) in [6.07, 6.45) is 0.275. The van der Waals surface area contributed by atoms with Crippen molar-refractivity contribution in [2.24, 2.45) is 0 Å². The monoisotopic (exact) mass is 262 g/mol. The Kier molecular flexibility index (Phi) is 5.21. The number of amides is 1. The fraction of sp³-hybridized carbons (Fsp3) is 0.444. The summed E-state index contributed by atoms with van der Waals surface area (Å²) in [6.45, 7) is 0.303. The fourth-order valence-electron chi connectivity index (χ4n) is 0.939. The number of hydrogen-bond donors (Lipinski definition) is 1. The zero-order valence-electron chi connectivity index (χ0n) is 8.66. The van der Waals surface area contributed by atoms with Gasteiger partial charge in [0, 0.05) is 17.7 Å². The molecule has 5 nitrogen and oxygen atoms in total. The van der Waals surface area contributed by atoms with Crippen LogP contribution in [-0.4, -0.2) is 29.9 Å². The van der Waals surface area contributed by atoms with E-state index < -0.39 is 5.97 Å². The van der Waals surface area contributed by atoms with E-state index in [9.17, 15) is 9.59 Å². The SMILES string of the molecule is COC(=O)c1csc(CNC(=O)CCCl)n1. The zero-order valence-corrected chi connectivity index (χ0v) is 10.2. The molecule has 88 valence electrons. The molecule has 0 aromatic carbocycles. The topological polar surface area (TPSA) is 68.3 Å². The highest BCUT2D eigenvalue weighted by Gasteiger charge is 2.10. The molecule has 1 N–H and O–H groups in total. The average Bonchev–Trinajstić information content (AvgIpc) is 2.74. The Morgan fingerprint density at radius 2 is 2.38 bits per heavy atom. The number of rotatable bonds is 5. The van der Waals surface area contributed by atoms with Gasteiger partial charge in [-0.2, -0.15) is 0 Å². The van der Waals surface area contributed by atoms with Gasteiger partial charge in [-0.05, 0) is 0 Å². The normalized spacial score (nSPS) is 9.88. The molecule has 0 aliphatic carbocycles. The summed E-state index contributed by atoms with van der Waals surface area (Å²) < 4.78 is 4.51. The number of carbonyl (C=O) groups excluding carboxylic acids is 2. The highest BCUT2D eigenvalue weighted by atomic mass is 35.5. The lowest BCUT2D eigenvalue weighted by molar-refractivity contribution is -0.120. The molecule has 0 bridgehead atoms. The summed E-state index contributed by atoms with van der Waals surface area (Å²) >= 11 is 6.70. The van der Waals surface area contributed by atoms with Gasteiger partial charge in [-0.1, -0.05) is 0 Å². The van der Waals surface area contributed by atoms with Gasteiger partial charge in [0.25, 0.3) is 0 Å². The van der Waals surface area contributed by atoms with Crippen LogP contribution >= 0.6 is 22.9 Å². The fourth-order valence-corrected chi connectivity index (χ4v) is 1.81. The van der Waals surface area contributed by atoms with Crippen LogP contribution in [0.1, 0.15) is 21.9 Å². The van der Waals surface area contributed by atoms with Crippen LogP contribution in [0.2, 0.25) is 0 Å². The second-order valence-electron chi connectivity index (χ2n) is 2.83. The zero-order chi connectivity index (χ0) is 12.0. The van der Waals surface area contributed by atoms with Crippen molar-refractivity contribution in [3.8, 4) is 0 Å². The third kappa shape index (κ3) is 3.79. The molecule has 1 aromatic heterocycles. The average molecular weight is 263 g/mol. The molecule has 1 aromatic rings. The lowest BCUT2D eigenvalue weighted by atomic mass is 10.4. The summed E-state index contributed by atoms with van der Waals surface area (Å²) in [5.41, 5.74) is 0.258. The van der Waals surface area contributed by atoms with Crippen LogP contribution in [0.5, 0.6) is 0 Å². The van der Waals surface area contributed by atoms with E-state index in [1.807, 2.05) is 0 Å². The van der Waals surface area contributed by atoms with Crippen molar-refractivity contribution in [3.63, 3.8) is 0 Å². The smallest absolute Gasteiger partial charge is 0.357 e. The van der Waals surface area contributed by atoms with E-state index in [0.29, 0.717) is 11.6 Å². The van der Waals surface area contributed by atoms with Crippen LogP contribution in [0.25, 0.3) is 0 Å². The lowest BCUT2D eigenvalue weighted by Crippen LogP contribution is -2.22. The molecule has 16 heavy (non-hydrogen) atoms. The van der Waals surface area contributed by atoms with Crippen molar-refractivity contribution in [2.75, 3.05) is 13.0 Å². The van der Waals surface area contributed by atoms with Crippen molar-refractivity contribution in [1.29, 1.82) is 0 Å². The molecule has 0 spiro atoms. The number of halogens is 1. The molecule has 7 heteroatoms. The van der Waals surface area contributed by atoms with Gasteiger partial charge in [0.05, 0.1) is 13.7 Å². The molecule has 0 saturated heterocycles. The van der Waals surface area contributed by atoms with E-state index in [4.69, 9.17) is 11.6 Å². The molecule has 1 rings (SSSR count). The standard InChI is InChI=1S/C9H11ClN2O3S/c1-15-9(14)6-5-16-8(12-6)4-11-7(13)2-3-10/h5H,2-4H2,1H3,(H,11,13). The summed E-state index contributed by atoms with van der Waals surface area (Å²) in [4.78, 5) is 26.2. The molecule has 1 amide bonds. The van der Waals surface area contributed by atoms with E-state index in [2.05, 4.69) is 15.0 Å². The Balaban J connectivity index is 2.46. The number of thiazole rings is 1. The molecule has 0 fully saturated rings. The summed E-state index contributed by atoms with van der Waals surface area (Å²) in [5, 5.41) is 4.89. The van der Waals surface area contributed by atoms with Crippen LogP contribution in [0.3, 0.4) is 0 Å². The van der Waals surface area contributed by atoms with Gasteiger partial charge < -0.3 is 10.1 Å². The number of nitrogens with one attached hydrogen (secondary N) is 1. The van der Waals surface area contributed by atoms with Gasteiger partial charge >= 0.3 is 5.97 Å². The maximum absolute atomic E-state index is 11.1. The third-order valence-corrected chi connectivity index (χ3v) is 2.74. The molecule has 0 aliphatic heterocycles. The number of methoxy groups -OCH3 is 1. The van der Waals surface area contributed by atoms with Crippen molar-refractivity contribution in [3.05, 3.63) is 16.1 Å². The first-order valence-corrected chi connectivity index (χ1v) is 5.94. The van der Waals surface area contributed by atoms with Crippen molar-refractivity contribution in [2.45, 2.75) is 13.0 Å². The highest BCUT2D eigenvalue weighted by Crippen LogP contribution is 2.10. The highest BCUT2D eigenvalue weighted by molar-refractivity contribution is 7.09. The van der Waals surface area contributed by atoms with Crippen molar-refractivity contribution in [1.82, 2.24) is 10.3 Å². The first-order chi connectivity index (χ1) is 7.67. The van der Waals surface area contributed by atoms with E-state index in [0.717, 1.165) is 0 Å². The van der Waals surface area contributed by atoms with Gasteiger partial charge in [0.2, 0.25) is 5.91 Å². The number of nitrogens with zero attached hydrogens (tertiary/aromatic N) is 1. The van der Waals surface area contributed by atoms with E-state index in [1.165, 1.54) is 18.4 Å². The van der Waals surface area contributed by atoms with Gasteiger partial charge in [0.1, 0.15) is 5.01 Å². The molecule has 0 saturated carbocycles. The number of hydrogen-bond acceptors (Lipinski definition) is 5. The molecule has 0 unspecified atom stereocenters. The Labute approximate surface area is 102 Å². The molecule has 0 radical (unpaired) electrons. The van der Waals surface area contributed by atoms with Gasteiger partial charge in [-0.15, -0.1) is 22.9 Å². The molecular weight excluding hydrogens is 252 g/mol. The number of aromatic nitrogens is 1. The first-order valence-electron chi connectivity index (χ1n) is 4.52. The number of alkyl halides is 1. The van der Waals surface area contributed by atoms with Crippen LogP contribution in [-0.2, 0) is 16.1 Å². The van der Waals surface area contributed by atoms with Crippen LogP contribution in [0.15, 0.2) is 5.38 Å². The molecule has 0 aliphatic rings. The lowest BCUT2D eigenvalue weighted by Gasteiger charge is -1.99. The van der Waals surface area contributed by atoms with Gasteiger partial charge in [-0.25, -0.2) is 9.78 Å². The van der Waals surface area contributed by atoms with Crippen molar-refractivity contribution < 1.29 is 14.3 Å². The molecule has 1 heterocycles.